The maximum atomic E-state index is 5.81. The molecule has 0 radical (unpaired) electrons. The lowest BCUT2D eigenvalue weighted by Gasteiger charge is -2.22. The SMILES string of the molecule is COc1cccc2c(C)cc(CC(C)(C)CN)nc12. The summed E-state index contributed by atoms with van der Waals surface area (Å²) < 4.78 is 5.41. The second kappa shape index (κ2) is 5.17. The van der Waals surface area contributed by atoms with Crippen LogP contribution in [0.4, 0.5) is 0 Å². The smallest absolute Gasteiger partial charge is 0.145 e. The average Bonchev–Trinajstić information content (AvgIpc) is 2.38. The highest BCUT2D eigenvalue weighted by molar-refractivity contribution is 5.87. The molecule has 2 N–H and O–H groups in total. The summed E-state index contributed by atoms with van der Waals surface area (Å²) in [7, 11) is 1.68. The standard InChI is InChI=1S/C16H22N2O/c1-11-8-12(9-16(2,3)10-17)18-15-13(11)6-5-7-14(15)19-4/h5-8H,9-10,17H2,1-4H3. The Balaban J connectivity index is 2.54. The molecule has 19 heavy (non-hydrogen) atoms. The summed E-state index contributed by atoms with van der Waals surface area (Å²) >= 11 is 0. The van der Waals surface area contributed by atoms with Gasteiger partial charge in [0.2, 0.25) is 0 Å². The molecule has 2 aromatic rings. The van der Waals surface area contributed by atoms with Gasteiger partial charge < -0.3 is 10.5 Å². The van der Waals surface area contributed by atoms with Gasteiger partial charge in [-0.05, 0) is 43.0 Å². The molecule has 102 valence electrons. The fraction of sp³-hybridized carbons (Fsp3) is 0.438. The van der Waals surface area contributed by atoms with Gasteiger partial charge in [-0.3, -0.25) is 0 Å². The van der Waals surface area contributed by atoms with Crippen LogP contribution in [-0.4, -0.2) is 18.6 Å². The van der Waals surface area contributed by atoms with Gasteiger partial charge in [-0.25, -0.2) is 4.98 Å². The van der Waals surface area contributed by atoms with Crippen LogP contribution in [0.2, 0.25) is 0 Å². The van der Waals surface area contributed by atoms with Crippen molar-refractivity contribution in [2.24, 2.45) is 11.1 Å². The van der Waals surface area contributed by atoms with Crippen molar-refractivity contribution in [2.45, 2.75) is 27.2 Å². The zero-order valence-electron chi connectivity index (χ0n) is 12.2. The van der Waals surface area contributed by atoms with E-state index in [1.807, 2.05) is 12.1 Å². The van der Waals surface area contributed by atoms with Gasteiger partial charge in [0.1, 0.15) is 11.3 Å². The lowest BCUT2D eigenvalue weighted by Crippen LogP contribution is -2.26. The van der Waals surface area contributed by atoms with Gasteiger partial charge in [-0.2, -0.15) is 0 Å². The molecule has 1 aromatic carbocycles. The normalized spacial score (nSPS) is 11.8. The second-order valence-electron chi connectivity index (χ2n) is 5.83. The number of hydrogen-bond acceptors (Lipinski definition) is 3. The number of nitrogens with two attached hydrogens (primary N) is 1. The number of ether oxygens (including phenoxy) is 1. The van der Waals surface area contributed by atoms with Crippen molar-refractivity contribution in [1.82, 2.24) is 4.98 Å². The van der Waals surface area contributed by atoms with Crippen LogP contribution in [-0.2, 0) is 6.42 Å². The van der Waals surface area contributed by atoms with Crippen LogP contribution in [0.5, 0.6) is 5.75 Å². The fourth-order valence-corrected chi connectivity index (χ4v) is 2.28. The Morgan fingerprint density at radius 3 is 2.68 bits per heavy atom. The zero-order valence-corrected chi connectivity index (χ0v) is 12.2. The quantitative estimate of drug-likeness (QED) is 0.916. The third-order valence-corrected chi connectivity index (χ3v) is 3.49. The Labute approximate surface area is 114 Å². The van der Waals surface area contributed by atoms with Crippen LogP contribution in [0.15, 0.2) is 24.3 Å². The van der Waals surface area contributed by atoms with Gasteiger partial charge in [0, 0.05) is 11.1 Å². The highest BCUT2D eigenvalue weighted by atomic mass is 16.5. The number of methoxy groups -OCH3 is 1. The van der Waals surface area contributed by atoms with E-state index in [9.17, 15) is 0 Å². The maximum Gasteiger partial charge on any atom is 0.145 e. The number of nitrogens with zero attached hydrogens (tertiary/aromatic N) is 1. The van der Waals surface area contributed by atoms with Crippen LogP contribution in [0.3, 0.4) is 0 Å². The first-order chi connectivity index (χ1) is 8.96. The molecule has 0 atom stereocenters. The van der Waals surface area contributed by atoms with Gasteiger partial charge in [-0.1, -0.05) is 26.0 Å². The Morgan fingerprint density at radius 2 is 2.05 bits per heavy atom. The number of rotatable bonds is 4. The van der Waals surface area contributed by atoms with Gasteiger partial charge in [0.25, 0.3) is 0 Å². The van der Waals surface area contributed by atoms with E-state index in [4.69, 9.17) is 15.5 Å². The average molecular weight is 258 g/mol. The number of benzene rings is 1. The van der Waals surface area contributed by atoms with Crippen molar-refractivity contribution in [2.75, 3.05) is 13.7 Å². The van der Waals surface area contributed by atoms with Crippen LogP contribution in [0, 0.1) is 12.3 Å². The molecule has 0 unspecified atom stereocenters. The van der Waals surface area contributed by atoms with Crippen molar-refractivity contribution in [3.05, 3.63) is 35.5 Å². The van der Waals surface area contributed by atoms with E-state index >= 15 is 0 Å². The fourth-order valence-electron chi connectivity index (χ4n) is 2.28. The largest absolute Gasteiger partial charge is 0.494 e. The van der Waals surface area contributed by atoms with E-state index in [0.29, 0.717) is 6.54 Å². The summed E-state index contributed by atoms with van der Waals surface area (Å²) in [4.78, 5) is 4.76. The summed E-state index contributed by atoms with van der Waals surface area (Å²) in [6, 6.07) is 8.18. The van der Waals surface area contributed by atoms with Gasteiger partial charge in [0.15, 0.2) is 0 Å². The third-order valence-electron chi connectivity index (χ3n) is 3.49. The van der Waals surface area contributed by atoms with Crippen molar-refractivity contribution in [3.63, 3.8) is 0 Å². The molecule has 0 aliphatic carbocycles. The third kappa shape index (κ3) is 2.87. The summed E-state index contributed by atoms with van der Waals surface area (Å²) in [6.45, 7) is 7.09. The lowest BCUT2D eigenvalue weighted by molar-refractivity contribution is 0.372. The van der Waals surface area contributed by atoms with Crippen LogP contribution < -0.4 is 10.5 Å². The predicted octanol–water partition coefficient (Wildman–Crippen LogP) is 3.08. The van der Waals surface area contributed by atoms with Crippen LogP contribution >= 0.6 is 0 Å². The molecule has 0 amide bonds. The molecule has 3 heteroatoms. The van der Waals surface area contributed by atoms with E-state index in [-0.39, 0.29) is 5.41 Å². The summed E-state index contributed by atoms with van der Waals surface area (Å²) in [5.41, 5.74) is 9.11. The molecule has 0 spiro atoms. The highest BCUT2D eigenvalue weighted by Crippen LogP contribution is 2.28. The van der Waals surface area contributed by atoms with Gasteiger partial charge >= 0.3 is 0 Å². The van der Waals surface area contributed by atoms with Gasteiger partial charge in [-0.15, -0.1) is 0 Å². The molecular weight excluding hydrogens is 236 g/mol. The van der Waals surface area contributed by atoms with E-state index in [0.717, 1.165) is 28.8 Å². The molecule has 3 nitrogen and oxygen atoms in total. The molecule has 0 saturated heterocycles. The number of fused-ring (bicyclic) bond motifs is 1. The number of aromatic nitrogens is 1. The summed E-state index contributed by atoms with van der Waals surface area (Å²) in [5.74, 6) is 0.827. The van der Waals surface area contributed by atoms with E-state index in [2.05, 4.69) is 32.9 Å². The second-order valence-corrected chi connectivity index (χ2v) is 5.83. The monoisotopic (exact) mass is 258 g/mol. The number of pyridine rings is 1. The van der Waals surface area contributed by atoms with Crippen molar-refractivity contribution in [3.8, 4) is 5.75 Å². The molecule has 0 fully saturated rings. The Bertz CT molecular complexity index is 591. The maximum absolute atomic E-state index is 5.81. The highest BCUT2D eigenvalue weighted by Gasteiger charge is 2.18. The molecule has 2 rings (SSSR count). The first-order valence-electron chi connectivity index (χ1n) is 6.60. The van der Waals surface area contributed by atoms with E-state index in [1.54, 1.807) is 7.11 Å². The number of aryl methyl sites for hydroxylation is 1. The molecule has 0 aliphatic heterocycles. The minimum Gasteiger partial charge on any atom is -0.494 e. The minimum absolute atomic E-state index is 0.0646. The van der Waals surface area contributed by atoms with Crippen LogP contribution in [0.1, 0.15) is 25.1 Å². The number of hydrogen-bond donors (Lipinski definition) is 1. The topological polar surface area (TPSA) is 48.1 Å². The first-order valence-corrected chi connectivity index (χ1v) is 6.60. The minimum atomic E-state index is 0.0646. The summed E-state index contributed by atoms with van der Waals surface area (Å²) in [6.07, 6.45) is 0.873. The van der Waals surface area contributed by atoms with E-state index < -0.39 is 0 Å². The first kappa shape index (κ1) is 13.8. The molecule has 0 aliphatic rings. The molecule has 0 saturated carbocycles. The molecule has 1 aromatic heterocycles. The zero-order chi connectivity index (χ0) is 14.0. The van der Waals surface area contributed by atoms with Crippen molar-refractivity contribution in [1.29, 1.82) is 0 Å². The Hall–Kier alpha value is -1.61. The Kier molecular flexibility index (Phi) is 3.76. The van der Waals surface area contributed by atoms with Crippen LogP contribution in [0.25, 0.3) is 10.9 Å². The predicted molar refractivity (Wildman–Crippen MR) is 79.6 cm³/mol. The lowest BCUT2D eigenvalue weighted by atomic mass is 9.87. The molecular formula is C16H22N2O. The van der Waals surface area contributed by atoms with Gasteiger partial charge in [0.05, 0.1) is 7.11 Å². The Morgan fingerprint density at radius 1 is 1.32 bits per heavy atom. The van der Waals surface area contributed by atoms with E-state index in [1.165, 1.54) is 5.56 Å². The number of para-hydroxylation sites is 1. The summed E-state index contributed by atoms with van der Waals surface area (Å²) in [5, 5.41) is 1.15. The molecule has 1 heterocycles. The van der Waals surface area contributed by atoms with Crippen molar-refractivity contribution < 1.29 is 4.74 Å². The molecule has 0 bridgehead atoms. The van der Waals surface area contributed by atoms with Crippen molar-refractivity contribution >= 4 is 10.9 Å².